The van der Waals surface area contributed by atoms with E-state index in [1.54, 1.807) is 0 Å². The van der Waals surface area contributed by atoms with Gasteiger partial charge in [-0.25, -0.2) is 0 Å². The molecule has 3 rings (SSSR count). The zero-order chi connectivity index (χ0) is 19.9. The van der Waals surface area contributed by atoms with Crippen LogP contribution in [0.5, 0.6) is 0 Å². The van der Waals surface area contributed by atoms with Gasteiger partial charge in [0.15, 0.2) is 0 Å². The van der Waals surface area contributed by atoms with Crippen LogP contribution < -0.4 is 0 Å². The minimum atomic E-state index is -1.13. The largest absolute Gasteiger partial charge is 0.379 e. The van der Waals surface area contributed by atoms with E-state index in [4.69, 9.17) is 0 Å². The molecule has 1 heteroatoms. The molecule has 0 aliphatic rings. The van der Waals surface area contributed by atoms with Gasteiger partial charge < -0.3 is 5.11 Å². The van der Waals surface area contributed by atoms with E-state index in [2.05, 4.69) is 37.8 Å². The molecular weight excluding hydrogens is 340 g/mol. The molecule has 0 amide bonds. The molecule has 0 radical (unpaired) electrons. The highest BCUT2D eigenvalue weighted by atomic mass is 16.3. The van der Waals surface area contributed by atoms with Gasteiger partial charge in [-0.15, -0.1) is 6.58 Å². The molecule has 0 unspecified atom stereocenters. The molecule has 1 atom stereocenters. The predicted octanol–water partition coefficient (Wildman–Crippen LogP) is 6.63. The van der Waals surface area contributed by atoms with Gasteiger partial charge in [0.2, 0.25) is 0 Å². The van der Waals surface area contributed by atoms with Crippen molar-refractivity contribution in [3.05, 3.63) is 120 Å². The van der Waals surface area contributed by atoms with E-state index in [-0.39, 0.29) is 0 Å². The summed E-state index contributed by atoms with van der Waals surface area (Å²) in [5, 5.41) is 12.5. The lowest BCUT2D eigenvalue weighted by Gasteiger charge is -2.47. The van der Waals surface area contributed by atoms with Crippen molar-refractivity contribution in [2.45, 2.75) is 43.6 Å². The maximum absolute atomic E-state index is 12.5. The number of aliphatic hydroxyl groups is 1. The fraction of sp³-hybridized carbons (Fsp3) is 0.259. The van der Waals surface area contributed by atoms with Crippen LogP contribution in [-0.2, 0) is 11.0 Å². The molecule has 0 heterocycles. The summed E-state index contributed by atoms with van der Waals surface area (Å²) in [5.41, 5.74) is 1.40. The number of hydrogen-bond acceptors (Lipinski definition) is 1. The van der Waals surface area contributed by atoms with Crippen LogP contribution in [0, 0.1) is 0 Å². The van der Waals surface area contributed by atoms with Crippen LogP contribution in [0.2, 0.25) is 0 Å². The molecule has 0 saturated heterocycles. The Kier molecular flexibility index (Phi) is 6.49. The third-order valence-electron chi connectivity index (χ3n) is 5.93. The molecule has 0 aromatic heterocycles. The van der Waals surface area contributed by atoms with Crippen LogP contribution in [0.4, 0.5) is 0 Å². The SMILES string of the molecule is C=CCCCC[C@](C)(c1ccccc1)C(O)(c1ccccc1)c1ccccc1. The highest BCUT2D eigenvalue weighted by molar-refractivity contribution is 5.45. The zero-order valence-corrected chi connectivity index (χ0v) is 16.7. The summed E-state index contributed by atoms with van der Waals surface area (Å²) in [5.74, 6) is 0. The highest BCUT2D eigenvalue weighted by Gasteiger charge is 2.49. The fourth-order valence-electron chi connectivity index (χ4n) is 4.27. The molecule has 0 fully saturated rings. The topological polar surface area (TPSA) is 20.2 Å². The summed E-state index contributed by atoms with van der Waals surface area (Å²) in [6, 6.07) is 30.6. The summed E-state index contributed by atoms with van der Waals surface area (Å²) in [6.45, 7) is 6.05. The maximum atomic E-state index is 12.5. The number of allylic oxidation sites excluding steroid dienone is 1. The summed E-state index contributed by atoms with van der Waals surface area (Å²) >= 11 is 0. The third kappa shape index (κ3) is 3.81. The van der Waals surface area contributed by atoms with E-state index in [1.807, 2.05) is 72.8 Å². The van der Waals surface area contributed by atoms with Crippen molar-refractivity contribution < 1.29 is 5.11 Å². The van der Waals surface area contributed by atoms with E-state index in [1.165, 1.54) is 0 Å². The van der Waals surface area contributed by atoms with Crippen LogP contribution in [-0.4, -0.2) is 5.11 Å². The molecule has 3 aromatic rings. The van der Waals surface area contributed by atoms with Gasteiger partial charge in [0, 0.05) is 5.41 Å². The Morgan fingerprint density at radius 3 is 1.57 bits per heavy atom. The van der Waals surface area contributed by atoms with Crippen LogP contribution in [0.15, 0.2) is 104 Å². The smallest absolute Gasteiger partial charge is 0.124 e. The lowest BCUT2D eigenvalue weighted by Crippen LogP contribution is -2.48. The van der Waals surface area contributed by atoms with E-state index < -0.39 is 11.0 Å². The van der Waals surface area contributed by atoms with Crippen molar-refractivity contribution in [2.24, 2.45) is 0 Å². The Morgan fingerprint density at radius 1 is 0.714 bits per heavy atom. The number of unbranched alkanes of at least 4 members (excludes halogenated alkanes) is 2. The maximum Gasteiger partial charge on any atom is 0.124 e. The second-order valence-corrected chi connectivity index (χ2v) is 7.68. The Balaban J connectivity index is 2.18. The van der Waals surface area contributed by atoms with Crippen molar-refractivity contribution in [3.8, 4) is 0 Å². The lowest BCUT2D eigenvalue weighted by molar-refractivity contribution is -0.00606. The summed E-state index contributed by atoms with van der Waals surface area (Å²) in [4.78, 5) is 0. The molecule has 0 aliphatic heterocycles. The van der Waals surface area contributed by atoms with Crippen LogP contribution in [0.3, 0.4) is 0 Å². The molecule has 0 bridgehead atoms. The minimum Gasteiger partial charge on any atom is -0.379 e. The summed E-state index contributed by atoms with van der Waals surface area (Å²) < 4.78 is 0. The van der Waals surface area contributed by atoms with Gasteiger partial charge in [-0.1, -0.05) is 110 Å². The fourth-order valence-corrected chi connectivity index (χ4v) is 4.27. The van der Waals surface area contributed by atoms with Crippen molar-refractivity contribution >= 4 is 0 Å². The lowest BCUT2D eigenvalue weighted by atomic mass is 9.60. The van der Waals surface area contributed by atoms with Crippen molar-refractivity contribution in [1.82, 2.24) is 0 Å². The Labute approximate surface area is 169 Å². The van der Waals surface area contributed by atoms with Crippen LogP contribution in [0.25, 0.3) is 0 Å². The monoisotopic (exact) mass is 370 g/mol. The van der Waals surface area contributed by atoms with Gasteiger partial charge in [-0.2, -0.15) is 0 Å². The first-order valence-electron chi connectivity index (χ1n) is 10.1. The first-order chi connectivity index (χ1) is 13.6. The van der Waals surface area contributed by atoms with Gasteiger partial charge in [0.05, 0.1) is 0 Å². The number of hydrogen-bond donors (Lipinski definition) is 1. The standard InChI is InChI=1S/C27H30O/c1-3-4-5-15-22-26(2,23-16-9-6-10-17-23)27(28,24-18-11-7-12-19-24)25-20-13-8-14-21-25/h3,6-14,16-21,28H,1,4-5,15,22H2,2H3/t26-/m1/s1. The first-order valence-corrected chi connectivity index (χ1v) is 10.1. The highest BCUT2D eigenvalue weighted by Crippen LogP contribution is 2.49. The van der Waals surface area contributed by atoms with Crippen molar-refractivity contribution in [3.63, 3.8) is 0 Å². The average Bonchev–Trinajstić information content (AvgIpc) is 2.77. The van der Waals surface area contributed by atoms with Gasteiger partial charge in [-0.05, 0) is 36.0 Å². The molecule has 3 aromatic carbocycles. The first kappa shape index (κ1) is 20.1. The summed E-state index contributed by atoms with van der Waals surface area (Å²) in [7, 11) is 0. The van der Waals surface area contributed by atoms with Gasteiger partial charge in [-0.3, -0.25) is 0 Å². The van der Waals surface area contributed by atoms with E-state index in [0.29, 0.717) is 0 Å². The normalized spacial score (nSPS) is 13.6. The van der Waals surface area contributed by atoms with E-state index in [9.17, 15) is 5.11 Å². The van der Waals surface area contributed by atoms with E-state index in [0.717, 1.165) is 42.4 Å². The zero-order valence-electron chi connectivity index (χ0n) is 16.7. The second kappa shape index (κ2) is 9.03. The Hall–Kier alpha value is -2.64. The Bertz CT molecular complexity index is 815. The van der Waals surface area contributed by atoms with E-state index >= 15 is 0 Å². The summed E-state index contributed by atoms with van der Waals surface area (Å²) in [6.07, 6.45) is 5.95. The molecule has 144 valence electrons. The van der Waals surface area contributed by atoms with Gasteiger partial charge >= 0.3 is 0 Å². The van der Waals surface area contributed by atoms with Gasteiger partial charge in [0.25, 0.3) is 0 Å². The number of rotatable bonds is 9. The Morgan fingerprint density at radius 2 is 1.14 bits per heavy atom. The molecule has 0 aliphatic carbocycles. The minimum absolute atomic E-state index is 0.474. The molecule has 0 saturated carbocycles. The van der Waals surface area contributed by atoms with Gasteiger partial charge in [0.1, 0.15) is 5.60 Å². The predicted molar refractivity (Wildman–Crippen MR) is 118 cm³/mol. The quantitative estimate of drug-likeness (QED) is 0.331. The second-order valence-electron chi connectivity index (χ2n) is 7.68. The van der Waals surface area contributed by atoms with Crippen molar-refractivity contribution in [2.75, 3.05) is 0 Å². The van der Waals surface area contributed by atoms with Crippen LogP contribution in [0.1, 0.15) is 49.3 Å². The molecule has 28 heavy (non-hydrogen) atoms. The van der Waals surface area contributed by atoms with Crippen LogP contribution >= 0.6 is 0 Å². The van der Waals surface area contributed by atoms with Crippen molar-refractivity contribution in [1.29, 1.82) is 0 Å². The third-order valence-corrected chi connectivity index (χ3v) is 5.93. The molecular formula is C27H30O. The molecule has 1 N–H and O–H groups in total. The molecule has 1 nitrogen and oxygen atoms in total. The number of benzene rings is 3. The average molecular weight is 371 g/mol. The molecule has 0 spiro atoms.